The minimum absolute atomic E-state index is 0.480. The lowest BCUT2D eigenvalue weighted by Gasteiger charge is -2.26. The molecule has 1 aliphatic heterocycles. The molecule has 1 aliphatic rings. The molecule has 2 heterocycles. The van der Waals surface area contributed by atoms with Crippen LogP contribution in [0.1, 0.15) is 24.9 Å². The van der Waals surface area contributed by atoms with Gasteiger partial charge in [-0.3, -0.25) is 4.90 Å². The molecule has 1 aromatic rings. The highest BCUT2D eigenvalue weighted by Gasteiger charge is 2.17. The molecule has 2 rings (SSSR count). The first-order chi connectivity index (χ1) is 6.88. The molecule has 0 aromatic carbocycles. The van der Waals surface area contributed by atoms with Gasteiger partial charge in [-0.2, -0.15) is 0 Å². The van der Waals surface area contributed by atoms with Crippen LogP contribution in [0, 0.1) is 0 Å². The number of nitrogens with zero attached hydrogens (tertiary/aromatic N) is 1. The largest absolute Gasteiger partial charge is 0.472 e. The third kappa shape index (κ3) is 2.16. The Balaban J connectivity index is 1.99. The van der Waals surface area contributed by atoms with Crippen LogP contribution in [-0.4, -0.2) is 31.1 Å². The van der Waals surface area contributed by atoms with E-state index in [9.17, 15) is 0 Å². The fourth-order valence-corrected chi connectivity index (χ4v) is 1.98. The summed E-state index contributed by atoms with van der Waals surface area (Å²) < 4.78 is 5.12. The van der Waals surface area contributed by atoms with Gasteiger partial charge in [0.15, 0.2) is 0 Å². The summed E-state index contributed by atoms with van der Waals surface area (Å²) >= 11 is 0. The summed E-state index contributed by atoms with van der Waals surface area (Å²) in [5, 5.41) is 3.41. The number of rotatable bonds is 2. The minimum atomic E-state index is 0.480. The molecule has 0 aliphatic carbocycles. The number of hydrogen-bond acceptors (Lipinski definition) is 3. The Kier molecular flexibility index (Phi) is 3.22. The van der Waals surface area contributed by atoms with E-state index in [1.54, 1.807) is 6.26 Å². The van der Waals surface area contributed by atoms with Crippen LogP contribution in [0.2, 0.25) is 0 Å². The molecule has 78 valence electrons. The fraction of sp³-hybridized carbons (Fsp3) is 0.636. The Hall–Kier alpha value is -0.800. The van der Waals surface area contributed by atoms with E-state index in [2.05, 4.69) is 23.2 Å². The number of hydrogen-bond donors (Lipinski definition) is 1. The van der Waals surface area contributed by atoms with Crippen molar-refractivity contribution in [1.29, 1.82) is 0 Å². The molecule has 1 N–H and O–H groups in total. The van der Waals surface area contributed by atoms with E-state index in [0.717, 1.165) is 19.6 Å². The van der Waals surface area contributed by atoms with E-state index >= 15 is 0 Å². The van der Waals surface area contributed by atoms with Crippen LogP contribution in [0.3, 0.4) is 0 Å². The molecule has 1 fully saturated rings. The third-order valence-electron chi connectivity index (χ3n) is 2.95. The van der Waals surface area contributed by atoms with Crippen molar-refractivity contribution in [3.05, 3.63) is 24.2 Å². The predicted molar refractivity (Wildman–Crippen MR) is 56.2 cm³/mol. The van der Waals surface area contributed by atoms with Gasteiger partial charge in [0.2, 0.25) is 0 Å². The van der Waals surface area contributed by atoms with E-state index in [1.807, 2.05) is 6.26 Å². The second-order valence-electron chi connectivity index (χ2n) is 3.87. The van der Waals surface area contributed by atoms with Crippen molar-refractivity contribution in [3.8, 4) is 0 Å². The van der Waals surface area contributed by atoms with Gasteiger partial charge in [0.05, 0.1) is 12.5 Å². The predicted octanol–water partition coefficient (Wildman–Crippen LogP) is 1.64. The molecule has 0 radical (unpaired) electrons. The van der Waals surface area contributed by atoms with Crippen LogP contribution in [0.25, 0.3) is 0 Å². The Morgan fingerprint density at radius 1 is 1.43 bits per heavy atom. The van der Waals surface area contributed by atoms with Crippen molar-refractivity contribution in [1.82, 2.24) is 10.2 Å². The fourth-order valence-electron chi connectivity index (χ4n) is 1.98. The second kappa shape index (κ2) is 4.62. The van der Waals surface area contributed by atoms with Crippen molar-refractivity contribution < 1.29 is 4.42 Å². The molecule has 0 amide bonds. The lowest BCUT2D eigenvalue weighted by Crippen LogP contribution is -2.30. The van der Waals surface area contributed by atoms with Gasteiger partial charge >= 0.3 is 0 Å². The van der Waals surface area contributed by atoms with Gasteiger partial charge in [-0.15, -0.1) is 0 Å². The Morgan fingerprint density at radius 2 is 2.36 bits per heavy atom. The summed E-state index contributed by atoms with van der Waals surface area (Å²) in [6.07, 6.45) is 4.84. The van der Waals surface area contributed by atoms with Gasteiger partial charge < -0.3 is 9.73 Å². The Labute approximate surface area is 85.1 Å². The quantitative estimate of drug-likeness (QED) is 0.775. The molecule has 0 bridgehead atoms. The molecule has 1 saturated heterocycles. The zero-order chi connectivity index (χ0) is 9.80. The summed E-state index contributed by atoms with van der Waals surface area (Å²) in [5.41, 5.74) is 1.28. The van der Waals surface area contributed by atoms with Gasteiger partial charge in [-0.05, 0) is 32.5 Å². The van der Waals surface area contributed by atoms with Crippen molar-refractivity contribution >= 4 is 0 Å². The highest BCUT2D eigenvalue weighted by atomic mass is 16.3. The monoisotopic (exact) mass is 194 g/mol. The van der Waals surface area contributed by atoms with Crippen LogP contribution in [0.15, 0.2) is 23.0 Å². The molecule has 0 spiro atoms. The van der Waals surface area contributed by atoms with Crippen LogP contribution < -0.4 is 5.32 Å². The summed E-state index contributed by atoms with van der Waals surface area (Å²) in [7, 11) is 0. The highest BCUT2D eigenvalue weighted by Crippen LogP contribution is 2.20. The first kappa shape index (κ1) is 9.74. The summed E-state index contributed by atoms with van der Waals surface area (Å²) in [5.74, 6) is 0. The number of nitrogens with one attached hydrogen (secondary N) is 1. The normalized spacial score (nSPS) is 21.8. The van der Waals surface area contributed by atoms with Crippen LogP contribution in [0.5, 0.6) is 0 Å². The van der Waals surface area contributed by atoms with E-state index in [1.165, 1.54) is 18.5 Å². The number of furan rings is 1. The Morgan fingerprint density at radius 3 is 3.14 bits per heavy atom. The molecule has 3 nitrogen and oxygen atoms in total. The highest BCUT2D eigenvalue weighted by molar-refractivity contribution is 5.10. The summed E-state index contributed by atoms with van der Waals surface area (Å²) in [6.45, 7) is 6.80. The zero-order valence-corrected chi connectivity index (χ0v) is 8.70. The second-order valence-corrected chi connectivity index (χ2v) is 3.87. The van der Waals surface area contributed by atoms with Gasteiger partial charge in [-0.25, -0.2) is 0 Å². The lowest BCUT2D eigenvalue weighted by atomic mass is 10.1. The van der Waals surface area contributed by atoms with Gasteiger partial charge in [0, 0.05) is 24.7 Å². The van der Waals surface area contributed by atoms with Crippen molar-refractivity contribution in [2.75, 3.05) is 26.2 Å². The van der Waals surface area contributed by atoms with E-state index in [4.69, 9.17) is 4.42 Å². The topological polar surface area (TPSA) is 28.4 Å². The van der Waals surface area contributed by atoms with Gasteiger partial charge in [0.25, 0.3) is 0 Å². The average molecular weight is 194 g/mol. The lowest BCUT2D eigenvalue weighted by molar-refractivity contribution is 0.224. The van der Waals surface area contributed by atoms with E-state index in [-0.39, 0.29) is 0 Å². The first-order valence-electron chi connectivity index (χ1n) is 5.35. The molecule has 1 aromatic heterocycles. The standard InChI is InChI=1S/C11H18N2O/c1-10(11-3-8-14-9-11)13-6-2-4-12-5-7-13/h3,8-10,12H,2,4-7H2,1H3. The van der Waals surface area contributed by atoms with Crippen molar-refractivity contribution in [2.24, 2.45) is 0 Å². The molecule has 3 heteroatoms. The molecule has 14 heavy (non-hydrogen) atoms. The third-order valence-corrected chi connectivity index (χ3v) is 2.95. The minimum Gasteiger partial charge on any atom is -0.472 e. The Bertz CT molecular complexity index is 250. The summed E-state index contributed by atoms with van der Waals surface area (Å²) in [4.78, 5) is 2.50. The maximum Gasteiger partial charge on any atom is 0.0950 e. The molecule has 1 atom stereocenters. The van der Waals surface area contributed by atoms with Crippen LogP contribution in [-0.2, 0) is 0 Å². The maximum absolute atomic E-state index is 5.12. The molecule has 1 unspecified atom stereocenters. The van der Waals surface area contributed by atoms with Crippen LogP contribution in [0.4, 0.5) is 0 Å². The molecular formula is C11H18N2O. The van der Waals surface area contributed by atoms with Gasteiger partial charge in [0.1, 0.15) is 0 Å². The molecule has 0 saturated carbocycles. The summed E-state index contributed by atoms with van der Waals surface area (Å²) in [6, 6.07) is 2.54. The van der Waals surface area contributed by atoms with Crippen LogP contribution >= 0.6 is 0 Å². The average Bonchev–Trinajstić information content (AvgIpc) is 2.59. The van der Waals surface area contributed by atoms with E-state index in [0.29, 0.717) is 6.04 Å². The van der Waals surface area contributed by atoms with Crippen molar-refractivity contribution in [2.45, 2.75) is 19.4 Å². The first-order valence-corrected chi connectivity index (χ1v) is 5.35. The maximum atomic E-state index is 5.12. The SMILES string of the molecule is CC(c1ccoc1)N1CCCNCC1. The van der Waals surface area contributed by atoms with E-state index < -0.39 is 0 Å². The van der Waals surface area contributed by atoms with Gasteiger partial charge in [-0.1, -0.05) is 0 Å². The van der Waals surface area contributed by atoms with Crippen molar-refractivity contribution in [3.63, 3.8) is 0 Å². The smallest absolute Gasteiger partial charge is 0.0950 e. The zero-order valence-electron chi connectivity index (χ0n) is 8.70. The molecular weight excluding hydrogens is 176 g/mol.